The number of hydrogen-bond donors (Lipinski definition) is 2. The van der Waals surface area contributed by atoms with Gasteiger partial charge in [0.25, 0.3) is 0 Å². The van der Waals surface area contributed by atoms with Crippen LogP contribution in [-0.4, -0.2) is 38.5 Å². The number of aromatic nitrogens is 4. The Morgan fingerprint density at radius 1 is 1.12 bits per heavy atom. The molecule has 2 aromatic heterocycles. The standard InChI is InChI=1S/C18H22N6O/c25-17(20-8-4-1-5-10-24-11-9-19-14-24)12-21-18-15-6-2-3-7-16(15)22-13-23-18/h2-3,6-7,9,11,13-14H,1,4-5,8,10,12H2,(H,20,25)(H,21,22,23). The minimum absolute atomic E-state index is 0.0303. The van der Waals surface area contributed by atoms with Crippen LogP contribution in [0.4, 0.5) is 5.82 Å². The normalized spacial score (nSPS) is 10.7. The Morgan fingerprint density at radius 3 is 2.92 bits per heavy atom. The number of nitrogens with zero attached hydrogens (tertiary/aromatic N) is 4. The summed E-state index contributed by atoms with van der Waals surface area (Å²) in [6.45, 7) is 1.86. The number of anilines is 1. The van der Waals surface area contributed by atoms with Gasteiger partial charge in [-0.2, -0.15) is 0 Å². The van der Waals surface area contributed by atoms with Crippen molar-refractivity contribution < 1.29 is 4.79 Å². The number of hydrogen-bond acceptors (Lipinski definition) is 5. The Balaban J connectivity index is 1.34. The van der Waals surface area contributed by atoms with Crippen LogP contribution in [0.1, 0.15) is 19.3 Å². The second-order valence-electron chi connectivity index (χ2n) is 5.80. The number of rotatable bonds is 9. The summed E-state index contributed by atoms with van der Waals surface area (Å²) in [5, 5.41) is 6.93. The van der Waals surface area contributed by atoms with E-state index in [1.165, 1.54) is 6.33 Å². The van der Waals surface area contributed by atoms with Crippen LogP contribution in [0.5, 0.6) is 0 Å². The summed E-state index contributed by atoms with van der Waals surface area (Å²) in [7, 11) is 0. The fourth-order valence-corrected chi connectivity index (χ4v) is 2.62. The molecule has 2 N–H and O–H groups in total. The zero-order chi connectivity index (χ0) is 17.3. The van der Waals surface area contributed by atoms with Crippen molar-refractivity contribution in [1.82, 2.24) is 24.8 Å². The molecule has 0 atom stereocenters. The lowest BCUT2D eigenvalue weighted by atomic mass is 10.2. The second-order valence-corrected chi connectivity index (χ2v) is 5.80. The molecule has 0 radical (unpaired) electrons. The average molecular weight is 338 g/mol. The third kappa shape index (κ3) is 5.00. The van der Waals surface area contributed by atoms with E-state index in [2.05, 4.69) is 30.2 Å². The molecule has 7 nitrogen and oxygen atoms in total. The van der Waals surface area contributed by atoms with E-state index in [1.807, 2.05) is 36.8 Å². The largest absolute Gasteiger partial charge is 0.360 e. The zero-order valence-corrected chi connectivity index (χ0v) is 14.1. The predicted octanol–water partition coefficient (Wildman–Crippen LogP) is 2.22. The van der Waals surface area contributed by atoms with Crippen molar-refractivity contribution in [2.24, 2.45) is 0 Å². The maximum Gasteiger partial charge on any atom is 0.239 e. The van der Waals surface area contributed by atoms with Gasteiger partial charge in [0.15, 0.2) is 0 Å². The third-order valence-corrected chi connectivity index (χ3v) is 3.93. The van der Waals surface area contributed by atoms with E-state index in [-0.39, 0.29) is 12.5 Å². The topological polar surface area (TPSA) is 84.7 Å². The lowest BCUT2D eigenvalue weighted by Gasteiger charge is -2.09. The second kappa shape index (κ2) is 8.77. The van der Waals surface area contributed by atoms with Crippen molar-refractivity contribution in [2.75, 3.05) is 18.4 Å². The third-order valence-electron chi connectivity index (χ3n) is 3.93. The quantitative estimate of drug-likeness (QED) is 0.585. The SMILES string of the molecule is O=C(CNc1ncnc2ccccc12)NCCCCCn1ccnc1. The molecule has 3 rings (SSSR count). The number of imidazole rings is 1. The van der Waals surface area contributed by atoms with Crippen molar-refractivity contribution in [3.8, 4) is 0 Å². The molecule has 7 heteroatoms. The molecule has 2 heterocycles. The van der Waals surface area contributed by atoms with Crippen LogP contribution in [0.2, 0.25) is 0 Å². The summed E-state index contributed by atoms with van der Waals surface area (Å²) < 4.78 is 2.06. The van der Waals surface area contributed by atoms with E-state index < -0.39 is 0 Å². The molecule has 0 saturated heterocycles. The molecular formula is C18H22N6O. The monoisotopic (exact) mass is 338 g/mol. The van der Waals surface area contributed by atoms with Crippen molar-refractivity contribution >= 4 is 22.6 Å². The first-order chi connectivity index (χ1) is 12.3. The number of para-hydroxylation sites is 1. The number of fused-ring (bicyclic) bond motifs is 1. The molecule has 0 spiro atoms. The molecule has 0 saturated carbocycles. The fourth-order valence-electron chi connectivity index (χ4n) is 2.62. The number of aryl methyl sites for hydroxylation is 1. The Bertz CT molecular complexity index is 797. The van der Waals surface area contributed by atoms with Gasteiger partial charge in [0, 0.05) is 30.9 Å². The summed E-state index contributed by atoms with van der Waals surface area (Å²) in [4.78, 5) is 24.4. The van der Waals surface area contributed by atoms with Gasteiger partial charge in [-0.05, 0) is 31.4 Å². The number of carbonyl (C=O) groups excluding carboxylic acids is 1. The number of carbonyl (C=O) groups is 1. The highest BCUT2D eigenvalue weighted by atomic mass is 16.1. The average Bonchev–Trinajstić information content (AvgIpc) is 3.16. The van der Waals surface area contributed by atoms with E-state index in [9.17, 15) is 4.79 Å². The molecule has 0 aliphatic heterocycles. The van der Waals surface area contributed by atoms with E-state index in [0.717, 1.165) is 36.7 Å². The molecule has 3 aromatic rings. The molecule has 0 unspecified atom stereocenters. The Labute approximate surface area is 146 Å². The van der Waals surface area contributed by atoms with Crippen LogP contribution in [0.25, 0.3) is 10.9 Å². The van der Waals surface area contributed by atoms with Crippen LogP contribution in [-0.2, 0) is 11.3 Å². The van der Waals surface area contributed by atoms with Gasteiger partial charge in [-0.1, -0.05) is 12.1 Å². The number of amides is 1. The summed E-state index contributed by atoms with van der Waals surface area (Å²) >= 11 is 0. The molecule has 0 fully saturated rings. The lowest BCUT2D eigenvalue weighted by Crippen LogP contribution is -2.30. The van der Waals surface area contributed by atoms with Crippen molar-refractivity contribution in [2.45, 2.75) is 25.8 Å². The predicted molar refractivity (Wildman–Crippen MR) is 97.1 cm³/mol. The Morgan fingerprint density at radius 2 is 2.04 bits per heavy atom. The maximum absolute atomic E-state index is 11.9. The van der Waals surface area contributed by atoms with E-state index in [0.29, 0.717) is 12.4 Å². The van der Waals surface area contributed by atoms with Crippen LogP contribution in [0, 0.1) is 0 Å². The molecule has 0 aliphatic carbocycles. The van der Waals surface area contributed by atoms with E-state index >= 15 is 0 Å². The number of nitrogens with one attached hydrogen (secondary N) is 2. The number of benzene rings is 1. The summed E-state index contributed by atoms with van der Waals surface area (Å²) in [5.74, 6) is 0.651. The highest BCUT2D eigenvalue weighted by Crippen LogP contribution is 2.17. The van der Waals surface area contributed by atoms with Crippen LogP contribution >= 0.6 is 0 Å². The molecule has 25 heavy (non-hydrogen) atoms. The van der Waals surface area contributed by atoms with Crippen LogP contribution in [0.3, 0.4) is 0 Å². The summed E-state index contributed by atoms with van der Waals surface area (Å²) in [5.41, 5.74) is 0.860. The van der Waals surface area contributed by atoms with Crippen LogP contribution < -0.4 is 10.6 Å². The molecule has 1 amide bonds. The Hall–Kier alpha value is -2.96. The summed E-state index contributed by atoms with van der Waals surface area (Å²) in [6, 6.07) is 7.72. The van der Waals surface area contributed by atoms with Crippen molar-refractivity contribution in [1.29, 1.82) is 0 Å². The molecular weight excluding hydrogens is 316 g/mol. The van der Waals surface area contributed by atoms with Gasteiger partial charge in [0.2, 0.25) is 5.91 Å². The van der Waals surface area contributed by atoms with E-state index in [1.54, 1.807) is 6.20 Å². The number of unbranched alkanes of at least 4 members (excludes halogenated alkanes) is 2. The lowest BCUT2D eigenvalue weighted by molar-refractivity contribution is -0.119. The van der Waals surface area contributed by atoms with Crippen molar-refractivity contribution in [3.63, 3.8) is 0 Å². The first-order valence-electron chi connectivity index (χ1n) is 8.49. The Kier molecular flexibility index (Phi) is 5.92. The van der Waals surface area contributed by atoms with Gasteiger partial charge >= 0.3 is 0 Å². The first kappa shape index (κ1) is 16.9. The van der Waals surface area contributed by atoms with Gasteiger partial charge in [-0.3, -0.25) is 4.79 Å². The molecule has 1 aromatic carbocycles. The van der Waals surface area contributed by atoms with Crippen LogP contribution in [0.15, 0.2) is 49.3 Å². The zero-order valence-electron chi connectivity index (χ0n) is 14.1. The molecule has 0 bridgehead atoms. The molecule has 0 aliphatic rings. The van der Waals surface area contributed by atoms with Gasteiger partial charge in [-0.25, -0.2) is 15.0 Å². The van der Waals surface area contributed by atoms with Gasteiger partial charge in [-0.15, -0.1) is 0 Å². The fraction of sp³-hybridized carbons (Fsp3) is 0.333. The minimum atomic E-state index is -0.0303. The smallest absolute Gasteiger partial charge is 0.239 e. The first-order valence-corrected chi connectivity index (χ1v) is 8.49. The highest BCUT2D eigenvalue weighted by Gasteiger charge is 2.05. The van der Waals surface area contributed by atoms with Crippen molar-refractivity contribution in [3.05, 3.63) is 49.3 Å². The van der Waals surface area contributed by atoms with Gasteiger partial charge in [0.05, 0.1) is 18.4 Å². The maximum atomic E-state index is 11.9. The highest BCUT2D eigenvalue weighted by molar-refractivity contribution is 5.90. The minimum Gasteiger partial charge on any atom is -0.360 e. The molecule has 130 valence electrons. The summed E-state index contributed by atoms with van der Waals surface area (Å²) in [6.07, 6.45) is 10.2. The van der Waals surface area contributed by atoms with E-state index in [4.69, 9.17) is 0 Å². The van der Waals surface area contributed by atoms with Gasteiger partial charge in [0.1, 0.15) is 12.1 Å². The van der Waals surface area contributed by atoms with Gasteiger partial charge < -0.3 is 15.2 Å².